The lowest BCUT2D eigenvalue weighted by atomic mass is 9.83. The van der Waals surface area contributed by atoms with Gasteiger partial charge in [0.1, 0.15) is 0 Å². The van der Waals surface area contributed by atoms with Crippen molar-refractivity contribution in [1.82, 2.24) is 4.90 Å². The van der Waals surface area contributed by atoms with Crippen LogP contribution in [0.5, 0.6) is 0 Å². The van der Waals surface area contributed by atoms with E-state index in [1.165, 1.54) is 21.7 Å². The number of nitrogens with zero attached hydrogens (tertiary/aromatic N) is 2. The van der Waals surface area contributed by atoms with Crippen LogP contribution in [0, 0.1) is 0 Å². The van der Waals surface area contributed by atoms with E-state index in [2.05, 4.69) is 57.7 Å². The quantitative estimate of drug-likeness (QED) is 0.837. The van der Waals surface area contributed by atoms with Crippen molar-refractivity contribution in [2.45, 2.75) is 65.3 Å². The Kier molecular flexibility index (Phi) is 5.99. The third-order valence-electron chi connectivity index (χ3n) is 5.23. The number of amides is 1. The van der Waals surface area contributed by atoms with Gasteiger partial charge in [-0.15, -0.1) is 0 Å². The van der Waals surface area contributed by atoms with E-state index in [1.807, 2.05) is 6.92 Å². The monoisotopic (exact) mass is 360 g/mol. The number of carbonyl (C=O) groups is 2. The standard InChI is InChI=1S/C21H32N2O3/c1-7-16-13-22(10-11-23(16)19(24)20(25)26)18-9-8-15(14(2)3)12-17(18)21(4,5)6/h8-9,12,14,16H,7,10-11,13H2,1-6H3,(H,25,26). The molecule has 1 aliphatic rings. The van der Waals surface area contributed by atoms with E-state index in [1.54, 1.807) is 0 Å². The second-order valence-electron chi connectivity index (χ2n) is 8.49. The molecule has 1 fully saturated rings. The number of carbonyl (C=O) groups excluding carboxylic acids is 1. The van der Waals surface area contributed by atoms with Gasteiger partial charge >= 0.3 is 11.9 Å². The molecular formula is C21H32N2O3. The van der Waals surface area contributed by atoms with Crippen LogP contribution in [0.15, 0.2) is 18.2 Å². The van der Waals surface area contributed by atoms with E-state index in [0.717, 1.165) is 6.42 Å². The Balaban J connectivity index is 2.35. The Labute approximate surface area is 157 Å². The molecule has 5 nitrogen and oxygen atoms in total. The molecule has 1 atom stereocenters. The molecule has 0 radical (unpaired) electrons. The van der Waals surface area contributed by atoms with E-state index in [0.29, 0.717) is 25.6 Å². The lowest BCUT2D eigenvalue weighted by Gasteiger charge is -2.43. The van der Waals surface area contributed by atoms with Gasteiger partial charge in [-0.05, 0) is 34.9 Å². The van der Waals surface area contributed by atoms with Crippen molar-refractivity contribution in [1.29, 1.82) is 0 Å². The number of aliphatic carboxylic acids is 1. The summed E-state index contributed by atoms with van der Waals surface area (Å²) in [4.78, 5) is 26.9. The predicted octanol–water partition coefficient (Wildman–Crippen LogP) is 3.62. The van der Waals surface area contributed by atoms with Crippen LogP contribution in [0.3, 0.4) is 0 Å². The summed E-state index contributed by atoms with van der Waals surface area (Å²) in [5, 5.41) is 9.06. The van der Waals surface area contributed by atoms with Crippen LogP contribution in [-0.4, -0.2) is 47.6 Å². The molecule has 26 heavy (non-hydrogen) atoms. The number of benzene rings is 1. The van der Waals surface area contributed by atoms with E-state index in [4.69, 9.17) is 5.11 Å². The molecule has 0 bridgehead atoms. The summed E-state index contributed by atoms with van der Waals surface area (Å²) in [6.45, 7) is 14.8. The molecule has 0 spiro atoms. The molecule has 1 unspecified atom stereocenters. The first-order valence-corrected chi connectivity index (χ1v) is 9.49. The number of hydrogen-bond donors (Lipinski definition) is 1. The number of piperazine rings is 1. The Hall–Kier alpha value is -2.04. The first-order chi connectivity index (χ1) is 12.1. The van der Waals surface area contributed by atoms with Gasteiger partial charge in [-0.25, -0.2) is 4.79 Å². The van der Waals surface area contributed by atoms with Crippen LogP contribution in [0.4, 0.5) is 5.69 Å². The van der Waals surface area contributed by atoms with E-state index < -0.39 is 11.9 Å². The molecule has 2 rings (SSSR count). The number of rotatable bonds is 3. The maximum absolute atomic E-state index is 12.0. The van der Waals surface area contributed by atoms with Gasteiger partial charge in [0, 0.05) is 31.4 Å². The van der Waals surface area contributed by atoms with Crippen LogP contribution < -0.4 is 4.90 Å². The minimum atomic E-state index is -1.37. The minimum absolute atomic E-state index is 0.00988. The van der Waals surface area contributed by atoms with Crippen molar-refractivity contribution in [3.63, 3.8) is 0 Å². The zero-order valence-electron chi connectivity index (χ0n) is 16.9. The average Bonchev–Trinajstić information content (AvgIpc) is 2.59. The molecule has 1 saturated heterocycles. The zero-order chi connectivity index (χ0) is 19.6. The molecule has 5 heteroatoms. The molecule has 0 saturated carbocycles. The lowest BCUT2D eigenvalue weighted by Crippen LogP contribution is -2.56. The van der Waals surface area contributed by atoms with Crippen LogP contribution >= 0.6 is 0 Å². The highest BCUT2D eigenvalue weighted by atomic mass is 16.4. The van der Waals surface area contributed by atoms with Gasteiger partial charge in [0.15, 0.2) is 0 Å². The summed E-state index contributed by atoms with van der Waals surface area (Å²) in [7, 11) is 0. The van der Waals surface area contributed by atoms with Gasteiger partial charge in [0.05, 0.1) is 0 Å². The Morgan fingerprint density at radius 3 is 2.38 bits per heavy atom. The number of anilines is 1. The van der Waals surface area contributed by atoms with Crippen molar-refractivity contribution in [3.05, 3.63) is 29.3 Å². The molecule has 0 aliphatic carbocycles. The lowest BCUT2D eigenvalue weighted by molar-refractivity contribution is -0.157. The molecule has 1 aromatic rings. The summed E-state index contributed by atoms with van der Waals surface area (Å²) in [6.07, 6.45) is 0.741. The van der Waals surface area contributed by atoms with Gasteiger partial charge in [-0.2, -0.15) is 0 Å². The number of carboxylic acid groups (broad SMARTS) is 1. The highest BCUT2D eigenvalue weighted by Crippen LogP contribution is 2.35. The molecule has 144 valence electrons. The van der Waals surface area contributed by atoms with E-state index >= 15 is 0 Å². The Morgan fingerprint density at radius 1 is 1.23 bits per heavy atom. The molecule has 1 heterocycles. The third-order valence-corrected chi connectivity index (χ3v) is 5.23. The highest BCUT2D eigenvalue weighted by Gasteiger charge is 2.34. The van der Waals surface area contributed by atoms with Crippen LogP contribution in [0.25, 0.3) is 0 Å². The summed E-state index contributed by atoms with van der Waals surface area (Å²) >= 11 is 0. The maximum Gasteiger partial charge on any atom is 0.394 e. The van der Waals surface area contributed by atoms with Gasteiger partial charge < -0.3 is 14.9 Å². The summed E-state index contributed by atoms with van der Waals surface area (Å²) in [5.41, 5.74) is 3.83. The highest BCUT2D eigenvalue weighted by molar-refractivity contribution is 6.31. The van der Waals surface area contributed by atoms with Gasteiger partial charge in [0.25, 0.3) is 0 Å². The summed E-state index contributed by atoms with van der Waals surface area (Å²) < 4.78 is 0. The second-order valence-corrected chi connectivity index (χ2v) is 8.49. The Bertz CT molecular complexity index is 676. The molecule has 1 amide bonds. The van der Waals surface area contributed by atoms with Crippen LogP contribution in [0.1, 0.15) is 65.0 Å². The van der Waals surface area contributed by atoms with Crippen molar-refractivity contribution in [2.75, 3.05) is 24.5 Å². The smallest absolute Gasteiger partial charge is 0.394 e. The SMILES string of the molecule is CCC1CN(c2ccc(C(C)C)cc2C(C)(C)C)CCN1C(=O)C(=O)O. The van der Waals surface area contributed by atoms with E-state index in [-0.39, 0.29) is 11.5 Å². The fraction of sp³-hybridized carbons (Fsp3) is 0.619. The maximum atomic E-state index is 12.0. The fourth-order valence-corrected chi connectivity index (χ4v) is 3.60. The first-order valence-electron chi connectivity index (χ1n) is 9.49. The minimum Gasteiger partial charge on any atom is -0.474 e. The van der Waals surface area contributed by atoms with Crippen molar-refractivity contribution in [3.8, 4) is 0 Å². The summed E-state index contributed by atoms with van der Waals surface area (Å²) in [5.74, 6) is -1.69. The van der Waals surface area contributed by atoms with Crippen LogP contribution in [0.2, 0.25) is 0 Å². The predicted molar refractivity (Wildman–Crippen MR) is 105 cm³/mol. The third kappa shape index (κ3) is 4.19. The van der Waals surface area contributed by atoms with Gasteiger partial charge in [-0.3, -0.25) is 4.79 Å². The molecular weight excluding hydrogens is 328 g/mol. The van der Waals surface area contributed by atoms with Crippen LogP contribution in [-0.2, 0) is 15.0 Å². The molecule has 0 aromatic heterocycles. The zero-order valence-corrected chi connectivity index (χ0v) is 16.9. The normalized spacial score (nSPS) is 18.3. The first kappa shape index (κ1) is 20.3. The van der Waals surface area contributed by atoms with Crippen molar-refractivity contribution < 1.29 is 14.7 Å². The Morgan fingerprint density at radius 2 is 1.88 bits per heavy atom. The fourth-order valence-electron chi connectivity index (χ4n) is 3.60. The van der Waals surface area contributed by atoms with Gasteiger partial charge in [0.2, 0.25) is 0 Å². The molecule has 1 aromatic carbocycles. The van der Waals surface area contributed by atoms with E-state index in [9.17, 15) is 9.59 Å². The molecule has 1 N–H and O–H groups in total. The van der Waals surface area contributed by atoms with Gasteiger partial charge in [-0.1, -0.05) is 53.7 Å². The largest absolute Gasteiger partial charge is 0.474 e. The topological polar surface area (TPSA) is 60.9 Å². The summed E-state index contributed by atoms with van der Waals surface area (Å²) in [6, 6.07) is 6.60. The number of hydrogen-bond acceptors (Lipinski definition) is 3. The second kappa shape index (κ2) is 7.68. The number of carboxylic acids is 1. The van der Waals surface area contributed by atoms with Crippen molar-refractivity contribution >= 4 is 17.6 Å². The molecule has 1 aliphatic heterocycles. The average molecular weight is 360 g/mol. The van der Waals surface area contributed by atoms with Crippen molar-refractivity contribution in [2.24, 2.45) is 0 Å².